The molecule has 1 atom stereocenters. The van der Waals surface area contributed by atoms with Crippen LogP contribution in [0.1, 0.15) is 41.4 Å². The van der Waals surface area contributed by atoms with E-state index >= 15 is 0 Å². The van der Waals surface area contributed by atoms with Gasteiger partial charge in [-0.05, 0) is 37.6 Å². The Balaban J connectivity index is 2.31. The third-order valence-electron chi connectivity index (χ3n) is 3.99. The molecule has 0 saturated carbocycles. The summed E-state index contributed by atoms with van der Waals surface area (Å²) in [5.41, 5.74) is 1.48. The minimum atomic E-state index is -0.558. The van der Waals surface area contributed by atoms with Gasteiger partial charge in [0.05, 0.1) is 33.2 Å². The molecule has 0 spiro atoms. The maximum Gasteiger partial charge on any atom is 0.270 e. The summed E-state index contributed by atoms with van der Waals surface area (Å²) in [7, 11) is 0. The van der Waals surface area contributed by atoms with Crippen LogP contribution in [0.5, 0.6) is 0 Å². The number of non-ortho nitro benzene ring substituents is 1. The molecule has 0 radical (unpaired) electrons. The normalized spacial score (nSPS) is 11.4. The van der Waals surface area contributed by atoms with Gasteiger partial charge in [-0.25, -0.2) is 0 Å². The Morgan fingerprint density at radius 2 is 1.96 bits per heavy atom. The number of carbonyl (C=O) groups is 1. The largest absolute Gasteiger partial charge is 0.332 e. The van der Waals surface area contributed by atoms with Gasteiger partial charge in [0.1, 0.15) is 0 Å². The second-order valence-electron chi connectivity index (χ2n) is 5.42. The average molecular weight is 358 g/mol. The van der Waals surface area contributed by atoms with E-state index in [0.29, 0.717) is 12.1 Å². The molecule has 0 aromatic heterocycles. The third kappa shape index (κ3) is 3.95. The zero-order chi connectivity index (χ0) is 18.6. The van der Waals surface area contributed by atoms with Crippen molar-refractivity contribution in [3.63, 3.8) is 0 Å². The Morgan fingerprint density at radius 3 is 2.44 bits per heavy atom. The molecular weight excluding hydrogens is 342 g/mol. The van der Waals surface area contributed by atoms with E-state index in [1.807, 2.05) is 13.8 Å². The predicted molar refractivity (Wildman–Crippen MR) is 94.4 cm³/mol. The molecule has 2 aromatic rings. The minimum absolute atomic E-state index is 0.0460. The van der Waals surface area contributed by atoms with Crippen molar-refractivity contribution in [1.82, 2.24) is 4.90 Å². The van der Waals surface area contributed by atoms with Gasteiger partial charge in [0, 0.05) is 18.7 Å². The first kappa shape index (κ1) is 18.4. The summed E-state index contributed by atoms with van der Waals surface area (Å²) in [4.78, 5) is 24.7. The van der Waals surface area contributed by atoms with Crippen molar-refractivity contribution >= 4 is 23.2 Å². The molecule has 1 unspecified atom stereocenters. The van der Waals surface area contributed by atoms with Crippen LogP contribution in [0.2, 0.25) is 5.02 Å². The topological polar surface area (TPSA) is 87.2 Å². The van der Waals surface area contributed by atoms with E-state index < -0.39 is 4.92 Å². The van der Waals surface area contributed by atoms with Crippen molar-refractivity contribution in [1.29, 1.82) is 5.26 Å². The molecule has 25 heavy (non-hydrogen) atoms. The third-order valence-corrected chi connectivity index (χ3v) is 4.30. The number of hydrogen-bond donors (Lipinski definition) is 0. The fourth-order valence-electron chi connectivity index (χ4n) is 2.56. The first-order chi connectivity index (χ1) is 11.9. The Morgan fingerprint density at radius 1 is 1.32 bits per heavy atom. The highest BCUT2D eigenvalue weighted by Crippen LogP contribution is 2.27. The van der Waals surface area contributed by atoms with Gasteiger partial charge >= 0.3 is 0 Å². The summed E-state index contributed by atoms with van der Waals surface area (Å²) >= 11 is 6.07. The number of rotatable bonds is 5. The Kier molecular flexibility index (Phi) is 5.73. The Hall–Kier alpha value is -2.91. The SMILES string of the molecule is CCN(C(=O)c1ccc([N+](=O)[O-])cc1Cl)C(C)c1ccc(C#N)cc1. The Bertz CT molecular complexity index is 844. The van der Waals surface area contributed by atoms with Crippen LogP contribution in [-0.2, 0) is 0 Å². The molecule has 0 N–H and O–H groups in total. The zero-order valence-corrected chi connectivity index (χ0v) is 14.5. The second-order valence-corrected chi connectivity index (χ2v) is 5.83. The number of carbonyl (C=O) groups excluding carboxylic acids is 1. The van der Waals surface area contributed by atoms with E-state index in [1.165, 1.54) is 18.2 Å². The van der Waals surface area contributed by atoms with Crippen LogP contribution in [0.3, 0.4) is 0 Å². The highest BCUT2D eigenvalue weighted by Gasteiger charge is 2.24. The van der Waals surface area contributed by atoms with Crippen molar-refractivity contribution in [2.24, 2.45) is 0 Å². The van der Waals surface area contributed by atoms with Gasteiger partial charge in [-0.2, -0.15) is 5.26 Å². The first-order valence-corrected chi connectivity index (χ1v) is 8.01. The molecule has 0 bridgehead atoms. The van der Waals surface area contributed by atoms with Crippen LogP contribution in [0.15, 0.2) is 42.5 Å². The Labute approximate surface area is 150 Å². The number of halogens is 1. The predicted octanol–water partition coefficient (Wildman–Crippen LogP) is 4.34. The minimum Gasteiger partial charge on any atom is -0.332 e. The van der Waals surface area contributed by atoms with Crippen molar-refractivity contribution in [2.45, 2.75) is 19.9 Å². The van der Waals surface area contributed by atoms with Crippen LogP contribution in [0, 0.1) is 21.4 Å². The second kappa shape index (κ2) is 7.77. The number of nitro benzene ring substituents is 1. The molecule has 0 aliphatic carbocycles. The van der Waals surface area contributed by atoms with E-state index in [9.17, 15) is 14.9 Å². The fourth-order valence-corrected chi connectivity index (χ4v) is 2.81. The lowest BCUT2D eigenvalue weighted by molar-refractivity contribution is -0.384. The summed E-state index contributed by atoms with van der Waals surface area (Å²) in [6.07, 6.45) is 0. The smallest absolute Gasteiger partial charge is 0.270 e. The lowest BCUT2D eigenvalue weighted by Crippen LogP contribution is -2.33. The highest BCUT2D eigenvalue weighted by molar-refractivity contribution is 6.34. The molecule has 7 heteroatoms. The van der Waals surface area contributed by atoms with Crippen LogP contribution in [-0.4, -0.2) is 22.3 Å². The molecule has 1 amide bonds. The van der Waals surface area contributed by atoms with Crippen molar-refractivity contribution in [3.05, 3.63) is 74.3 Å². The van der Waals surface area contributed by atoms with Crippen LogP contribution < -0.4 is 0 Å². The van der Waals surface area contributed by atoms with E-state index in [0.717, 1.165) is 5.56 Å². The zero-order valence-electron chi connectivity index (χ0n) is 13.8. The van der Waals surface area contributed by atoms with Gasteiger partial charge in [-0.15, -0.1) is 0 Å². The quantitative estimate of drug-likeness (QED) is 0.588. The van der Waals surface area contributed by atoms with Gasteiger partial charge in [-0.1, -0.05) is 23.7 Å². The molecule has 0 fully saturated rings. The van der Waals surface area contributed by atoms with Crippen molar-refractivity contribution < 1.29 is 9.72 Å². The van der Waals surface area contributed by atoms with Crippen molar-refractivity contribution in [2.75, 3.05) is 6.54 Å². The monoisotopic (exact) mass is 357 g/mol. The lowest BCUT2D eigenvalue weighted by atomic mass is 10.0. The van der Waals surface area contributed by atoms with E-state index in [4.69, 9.17) is 16.9 Å². The van der Waals surface area contributed by atoms with E-state index in [2.05, 4.69) is 6.07 Å². The lowest BCUT2D eigenvalue weighted by Gasteiger charge is -2.29. The van der Waals surface area contributed by atoms with Gasteiger partial charge in [-0.3, -0.25) is 14.9 Å². The van der Waals surface area contributed by atoms with Crippen LogP contribution in [0.25, 0.3) is 0 Å². The fraction of sp³-hybridized carbons (Fsp3) is 0.222. The summed E-state index contributed by atoms with van der Waals surface area (Å²) in [6, 6.07) is 12.6. The average Bonchev–Trinajstić information content (AvgIpc) is 2.61. The maximum atomic E-state index is 12.8. The van der Waals surface area contributed by atoms with Crippen molar-refractivity contribution in [3.8, 4) is 6.07 Å². The maximum absolute atomic E-state index is 12.8. The van der Waals surface area contributed by atoms with Crippen LogP contribution >= 0.6 is 11.6 Å². The molecule has 6 nitrogen and oxygen atoms in total. The molecule has 0 aliphatic rings. The van der Waals surface area contributed by atoms with Gasteiger partial charge in [0.25, 0.3) is 11.6 Å². The molecular formula is C18H16ClN3O3. The highest BCUT2D eigenvalue weighted by atomic mass is 35.5. The summed E-state index contributed by atoms with van der Waals surface area (Å²) in [6.45, 7) is 4.16. The summed E-state index contributed by atoms with van der Waals surface area (Å²) in [5.74, 6) is -0.306. The number of amides is 1. The number of benzene rings is 2. The molecule has 2 rings (SSSR count). The molecule has 2 aromatic carbocycles. The number of nitrogens with zero attached hydrogens (tertiary/aromatic N) is 3. The van der Waals surface area contributed by atoms with Crippen LogP contribution in [0.4, 0.5) is 5.69 Å². The molecule has 0 heterocycles. The molecule has 0 saturated heterocycles. The first-order valence-electron chi connectivity index (χ1n) is 7.64. The number of hydrogen-bond acceptors (Lipinski definition) is 4. The molecule has 0 aliphatic heterocycles. The van der Waals surface area contributed by atoms with Gasteiger partial charge < -0.3 is 4.90 Å². The van der Waals surface area contributed by atoms with Gasteiger partial charge in [0.2, 0.25) is 0 Å². The number of nitriles is 1. The summed E-state index contributed by atoms with van der Waals surface area (Å²) < 4.78 is 0. The van der Waals surface area contributed by atoms with Gasteiger partial charge in [0.15, 0.2) is 0 Å². The van der Waals surface area contributed by atoms with E-state index in [-0.39, 0.29) is 28.2 Å². The number of nitro groups is 1. The molecule has 128 valence electrons. The summed E-state index contributed by atoms with van der Waals surface area (Å²) in [5, 5.41) is 19.7. The standard InChI is InChI=1S/C18H16ClN3O3/c1-3-21(12(2)14-6-4-13(11-20)5-7-14)18(23)16-9-8-15(22(24)25)10-17(16)19/h4-10,12H,3H2,1-2H3. The van der Waals surface area contributed by atoms with E-state index in [1.54, 1.807) is 29.2 Å².